The molecule has 2 rings (SSSR count). The van der Waals surface area contributed by atoms with Crippen molar-refractivity contribution in [2.24, 2.45) is 0 Å². The van der Waals surface area contributed by atoms with Gasteiger partial charge < -0.3 is 15.4 Å². The van der Waals surface area contributed by atoms with Gasteiger partial charge in [-0.3, -0.25) is 4.79 Å². The molecule has 1 heterocycles. The van der Waals surface area contributed by atoms with Crippen LogP contribution in [0.4, 0.5) is 0 Å². The van der Waals surface area contributed by atoms with Gasteiger partial charge in [-0.15, -0.1) is 0 Å². The first-order chi connectivity index (χ1) is 9.10. The molecule has 1 aliphatic heterocycles. The number of hydrogen-bond acceptors (Lipinski definition) is 3. The van der Waals surface area contributed by atoms with Crippen molar-refractivity contribution in [1.82, 2.24) is 10.6 Å². The Bertz CT molecular complexity index is 430. The molecule has 0 aliphatic carbocycles. The van der Waals surface area contributed by atoms with Crippen molar-refractivity contribution in [2.75, 3.05) is 13.7 Å². The summed E-state index contributed by atoms with van der Waals surface area (Å²) in [6, 6.07) is 8.12. The minimum Gasteiger partial charge on any atom is -0.380 e. The van der Waals surface area contributed by atoms with E-state index in [2.05, 4.69) is 41.8 Å². The van der Waals surface area contributed by atoms with E-state index in [4.69, 9.17) is 4.74 Å². The smallest absolute Gasteiger partial charge is 0.237 e. The predicted molar refractivity (Wildman–Crippen MR) is 74.9 cm³/mol. The Labute approximate surface area is 114 Å². The summed E-state index contributed by atoms with van der Waals surface area (Å²) in [5.41, 5.74) is 2.35. The fourth-order valence-corrected chi connectivity index (χ4v) is 2.33. The molecule has 1 amide bonds. The van der Waals surface area contributed by atoms with Gasteiger partial charge in [-0.25, -0.2) is 0 Å². The number of aryl methyl sites for hydroxylation is 1. The van der Waals surface area contributed by atoms with E-state index in [1.807, 2.05) is 6.92 Å². The summed E-state index contributed by atoms with van der Waals surface area (Å²) in [6.07, 6.45) is 0.883. The zero-order valence-corrected chi connectivity index (χ0v) is 11.8. The lowest BCUT2D eigenvalue weighted by Gasteiger charge is -2.17. The SMILES string of the molecule is COC1CNC(C(=O)N[C@H](C)c2ccc(C)cc2)C1. The number of rotatable bonds is 4. The second kappa shape index (κ2) is 6.17. The number of amides is 1. The van der Waals surface area contributed by atoms with Crippen molar-refractivity contribution in [3.05, 3.63) is 35.4 Å². The van der Waals surface area contributed by atoms with Crippen molar-refractivity contribution in [3.63, 3.8) is 0 Å². The van der Waals surface area contributed by atoms with E-state index in [1.54, 1.807) is 7.11 Å². The predicted octanol–water partition coefficient (Wildman–Crippen LogP) is 1.55. The first kappa shape index (κ1) is 14.0. The molecule has 0 spiro atoms. The fraction of sp³-hybridized carbons (Fsp3) is 0.533. The average Bonchev–Trinajstić information content (AvgIpc) is 2.88. The summed E-state index contributed by atoms with van der Waals surface area (Å²) in [6.45, 7) is 4.80. The van der Waals surface area contributed by atoms with Crippen molar-refractivity contribution in [1.29, 1.82) is 0 Å². The lowest BCUT2D eigenvalue weighted by atomic mass is 10.1. The quantitative estimate of drug-likeness (QED) is 0.865. The summed E-state index contributed by atoms with van der Waals surface area (Å²) in [5, 5.41) is 6.23. The molecule has 1 fully saturated rings. The Hall–Kier alpha value is -1.39. The molecule has 4 heteroatoms. The minimum absolute atomic E-state index is 0.0245. The number of benzene rings is 1. The lowest BCUT2D eigenvalue weighted by Crippen LogP contribution is -2.41. The van der Waals surface area contributed by atoms with Gasteiger partial charge in [-0.05, 0) is 25.8 Å². The van der Waals surface area contributed by atoms with Crippen molar-refractivity contribution >= 4 is 5.91 Å². The maximum Gasteiger partial charge on any atom is 0.237 e. The zero-order valence-electron chi connectivity index (χ0n) is 11.8. The molecule has 19 heavy (non-hydrogen) atoms. The molecule has 4 nitrogen and oxygen atoms in total. The Morgan fingerprint density at radius 1 is 1.42 bits per heavy atom. The van der Waals surface area contributed by atoms with Crippen LogP contribution >= 0.6 is 0 Å². The van der Waals surface area contributed by atoms with E-state index < -0.39 is 0 Å². The monoisotopic (exact) mass is 262 g/mol. The Kier molecular flexibility index (Phi) is 4.56. The van der Waals surface area contributed by atoms with Gasteiger partial charge in [0, 0.05) is 13.7 Å². The van der Waals surface area contributed by atoms with E-state index >= 15 is 0 Å². The van der Waals surface area contributed by atoms with Crippen LogP contribution in [0, 0.1) is 6.92 Å². The number of carbonyl (C=O) groups is 1. The summed E-state index contributed by atoms with van der Waals surface area (Å²) < 4.78 is 5.25. The molecule has 0 bridgehead atoms. The van der Waals surface area contributed by atoms with Gasteiger partial charge in [0.25, 0.3) is 0 Å². The molecule has 1 aromatic rings. The van der Waals surface area contributed by atoms with Crippen LogP contribution in [-0.2, 0) is 9.53 Å². The van der Waals surface area contributed by atoms with Gasteiger partial charge in [0.2, 0.25) is 5.91 Å². The van der Waals surface area contributed by atoms with Crippen molar-refractivity contribution in [3.8, 4) is 0 Å². The van der Waals surface area contributed by atoms with Crippen LogP contribution in [0.2, 0.25) is 0 Å². The maximum absolute atomic E-state index is 12.1. The highest BCUT2D eigenvalue weighted by Crippen LogP contribution is 2.15. The topological polar surface area (TPSA) is 50.4 Å². The first-order valence-corrected chi connectivity index (χ1v) is 6.73. The third-order valence-electron chi connectivity index (χ3n) is 3.68. The number of methoxy groups -OCH3 is 1. The fourth-order valence-electron chi connectivity index (χ4n) is 2.33. The number of ether oxygens (including phenoxy) is 1. The largest absolute Gasteiger partial charge is 0.380 e. The number of carbonyl (C=O) groups excluding carboxylic acids is 1. The van der Waals surface area contributed by atoms with Crippen LogP contribution in [0.25, 0.3) is 0 Å². The maximum atomic E-state index is 12.1. The third-order valence-corrected chi connectivity index (χ3v) is 3.68. The molecule has 2 N–H and O–H groups in total. The molecule has 0 radical (unpaired) electrons. The average molecular weight is 262 g/mol. The first-order valence-electron chi connectivity index (χ1n) is 6.73. The molecule has 1 aliphatic rings. The molecule has 3 atom stereocenters. The Balaban J connectivity index is 1.90. The highest BCUT2D eigenvalue weighted by Gasteiger charge is 2.29. The highest BCUT2D eigenvalue weighted by molar-refractivity contribution is 5.82. The summed E-state index contributed by atoms with van der Waals surface area (Å²) in [5.74, 6) is 0.0487. The Morgan fingerprint density at radius 3 is 2.68 bits per heavy atom. The van der Waals surface area contributed by atoms with Gasteiger partial charge in [-0.2, -0.15) is 0 Å². The summed E-state index contributed by atoms with van der Waals surface area (Å²) in [4.78, 5) is 12.1. The number of nitrogens with one attached hydrogen (secondary N) is 2. The normalized spacial score (nSPS) is 24.2. The van der Waals surface area contributed by atoms with E-state index in [9.17, 15) is 4.79 Å². The van der Waals surface area contributed by atoms with E-state index in [0.29, 0.717) is 0 Å². The van der Waals surface area contributed by atoms with Crippen LogP contribution in [0.5, 0.6) is 0 Å². The molecule has 0 saturated carbocycles. The standard InChI is InChI=1S/C15H22N2O2/c1-10-4-6-12(7-5-10)11(2)17-15(18)14-8-13(19-3)9-16-14/h4-7,11,13-14,16H,8-9H2,1-3H3,(H,17,18)/t11-,13?,14?/m1/s1. The second-order valence-electron chi connectivity index (χ2n) is 5.20. The molecule has 0 aromatic heterocycles. The van der Waals surface area contributed by atoms with Crippen LogP contribution in [0.3, 0.4) is 0 Å². The Morgan fingerprint density at radius 2 is 2.11 bits per heavy atom. The van der Waals surface area contributed by atoms with E-state index in [1.165, 1.54) is 5.56 Å². The van der Waals surface area contributed by atoms with Gasteiger partial charge in [0.15, 0.2) is 0 Å². The van der Waals surface area contributed by atoms with Crippen molar-refractivity contribution < 1.29 is 9.53 Å². The molecular formula is C15H22N2O2. The highest BCUT2D eigenvalue weighted by atomic mass is 16.5. The summed E-state index contributed by atoms with van der Waals surface area (Å²) >= 11 is 0. The van der Waals surface area contributed by atoms with Crippen LogP contribution in [0.15, 0.2) is 24.3 Å². The van der Waals surface area contributed by atoms with Gasteiger partial charge >= 0.3 is 0 Å². The molecule has 1 aromatic carbocycles. The molecule has 104 valence electrons. The van der Waals surface area contributed by atoms with Crippen LogP contribution in [-0.4, -0.2) is 31.7 Å². The lowest BCUT2D eigenvalue weighted by molar-refractivity contribution is -0.123. The van der Waals surface area contributed by atoms with Crippen molar-refractivity contribution in [2.45, 2.75) is 38.5 Å². The molecular weight excluding hydrogens is 240 g/mol. The number of hydrogen-bond donors (Lipinski definition) is 2. The third kappa shape index (κ3) is 3.55. The van der Waals surface area contributed by atoms with Gasteiger partial charge in [0.1, 0.15) is 0 Å². The van der Waals surface area contributed by atoms with Gasteiger partial charge in [-0.1, -0.05) is 29.8 Å². The second-order valence-corrected chi connectivity index (χ2v) is 5.20. The van der Waals surface area contributed by atoms with Gasteiger partial charge in [0.05, 0.1) is 18.2 Å². The van der Waals surface area contributed by atoms with E-state index in [0.717, 1.165) is 18.5 Å². The summed E-state index contributed by atoms with van der Waals surface area (Å²) in [7, 11) is 1.68. The minimum atomic E-state index is -0.141. The molecule has 1 saturated heterocycles. The van der Waals surface area contributed by atoms with Crippen LogP contribution < -0.4 is 10.6 Å². The van der Waals surface area contributed by atoms with E-state index in [-0.39, 0.29) is 24.1 Å². The zero-order chi connectivity index (χ0) is 13.8. The molecule has 2 unspecified atom stereocenters. The van der Waals surface area contributed by atoms with Crippen LogP contribution in [0.1, 0.15) is 30.5 Å².